The Kier molecular flexibility index (Phi) is 3.83. The van der Waals surface area contributed by atoms with Crippen LogP contribution in [-0.4, -0.2) is 28.2 Å². The average molecular weight is 339 g/mol. The van der Waals surface area contributed by atoms with Gasteiger partial charge in [-0.15, -0.1) is 0 Å². The quantitative estimate of drug-likeness (QED) is 0.737. The normalized spacial score (nSPS) is 14.9. The second-order valence-corrected chi connectivity index (χ2v) is 6.21. The van der Waals surface area contributed by atoms with Gasteiger partial charge < -0.3 is 14.2 Å². The van der Waals surface area contributed by atoms with Crippen molar-refractivity contribution in [2.45, 2.75) is 31.6 Å². The number of carbonyl (C=O) groups is 1. The summed E-state index contributed by atoms with van der Waals surface area (Å²) in [7, 11) is 1.33. The summed E-state index contributed by atoms with van der Waals surface area (Å²) in [6, 6.07) is 6.71. The lowest BCUT2D eigenvalue weighted by molar-refractivity contribution is 0.0601. The van der Waals surface area contributed by atoms with E-state index in [-0.39, 0.29) is 11.1 Å². The van der Waals surface area contributed by atoms with Crippen LogP contribution in [-0.2, 0) is 4.74 Å². The molecule has 0 atom stereocenters. The number of fused-ring (bicyclic) bond motifs is 1. The number of nitrogens with zero attached hydrogens (tertiary/aromatic N) is 2. The number of nitrogens with one attached hydrogen (secondary N) is 1. The highest BCUT2D eigenvalue weighted by atomic mass is 16.5. The molecule has 128 valence electrons. The second-order valence-electron chi connectivity index (χ2n) is 6.21. The van der Waals surface area contributed by atoms with Gasteiger partial charge in [0.15, 0.2) is 0 Å². The van der Waals surface area contributed by atoms with Crippen LogP contribution in [0.1, 0.15) is 47.7 Å². The van der Waals surface area contributed by atoms with E-state index in [1.807, 2.05) is 0 Å². The SMILES string of the molecule is COC(=O)c1ccc(-c2nc3c(C4CCCC4)noc3c(=O)[nH]2)cc1. The number of H-pyrrole nitrogens is 1. The molecule has 7 heteroatoms. The molecule has 7 nitrogen and oxygen atoms in total. The average Bonchev–Trinajstić information content (AvgIpc) is 3.30. The number of carbonyl (C=O) groups excluding carboxylic acids is 1. The highest BCUT2D eigenvalue weighted by Crippen LogP contribution is 2.36. The molecule has 3 aromatic rings. The topological polar surface area (TPSA) is 98.1 Å². The van der Waals surface area contributed by atoms with Crippen LogP contribution in [0.15, 0.2) is 33.6 Å². The van der Waals surface area contributed by atoms with E-state index >= 15 is 0 Å². The molecule has 1 aliphatic carbocycles. The van der Waals surface area contributed by atoms with Crippen molar-refractivity contribution in [2.75, 3.05) is 7.11 Å². The van der Waals surface area contributed by atoms with Gasteiger partial charge in [0.2, 0.25) is 5.58 Å². The molecule has 0 saturated heterocycles. The van der Waals surface area contributed by atoms with Crippen LogP contribution in [0.25, 0.3) is 22.5 Å². The van der Waals surface area contributed by atoms with Crippen LogP contribution in [0.2, 0.25) is 0 Å². The molecule has 4 rings (SSSR count). The molecule has 1 saturated carbocycles. The first-order chi connectivity index (χ1) is 12.2. The van der Waals surface area contributed by atoms with Crippen molar-refractivity contribution in [3.8, 4) is 11.4 Å². The highest BCUT2D eigenvalue weighted by Gasteiger charge is 2.25. The van der Waals surface area contributed by atoms with Gasteiger partial charge in [-0.05, 0) is 25.0 Å². The minimum Gasteiger partial charge on any atom is -0.465 e. The van der Waals surface area contributed by atoms with Gasteiger partial charge >= 0.3 is 5.97 Å². The number of ether oxygens (including phenoxy) is 1. The van der Waals surface area contributed by atoms with Gasteiger partial charge in [-0.25, -0.2) is 9.78 Å². The van der Waals surface area contributed by atoms with Gasteiger partial charge in [0, 0.05) is 11.5 Å². The number of hydrogen-bond acceptors (Lipinski definition) is 6. The lowest BCUT2D eigenvalue weighted by Crippen LogP contribution is -2.09. The molecule has 0 unspecified atom stereocenters. The standard InChI is InChI=1S/C18H17N3O4/c1-24-18(23)12-8-6-11(7-9-12)16-19-14-13(10-4-2-3-5-10)21-25-15(14)17(22)20-16/h6-10H,2-5H2,1H3,(H,19,20,22). The maximum atomic E-state index is 12.3. The van der Waals surface area contributed by atoms with Gasteiger partial charge in [0.05, 0.1) is 12.7 Å². The van der Waals surface area contributed by atoms with Gasteiger partial charge in [0.1, 0.15) is 17.0 Å². The van der Waals surface area contributed by atoms with Crippen LogP contribution >= 0.6 is 0 Å². The van der Waals surface area contributed by atoms with E-state index in [0.717, 1.165) is 31.4 Å². The summed E-state index contributed by atoms with van der Waals surface area (Å²) in [6.45, 7) is 0. The Morgan fingerprint density at radius 3 is 2.64 bits per heavy atom. The van der Waals surface area contributed by atoms with Gasteiger partial charge in [0.25, 0.3) is 5.56 Å². The summed E-state index contributed by atoms with van der Waals surface area (Å²) in [5.41, 5.74) is 2.25. The van der Waals surface area contributed by atoms with E-state index in [1.165, 1.54) is 7.11 Å². The lowest BCUT2D eigenvalue weighted by atomic mass is 10.0. The van der Waals surface area contributed by atoms with Crippen molar-refractivity contribution in [1.82, 2.24) is 15.1 Å². The molecule has 1 N–H and O–H groups in total. The minimum absolute atomic E-state index is 0.164. The predicted octanol–water partition coefficient (Wildman–Crippen LogP) is 3.02. The van der Waals surface area contributed by atoms with Crippen molar-refractivity contribution in [1.29, 1.82) is 0 Å². The molecule has 2 aromatic heterocycles. The number of esters is 1. The van der Waals surface area contributed by atoms with Crippen molar-refractivity contribution in [2.24, 2.45) is 0 Å². The smallest absolute Gasteiger partial charge is 0.337 e. The first kappa shape index (κ1) is 15.6. The minimum atomic E-state index is -0.411. The number of hydrogen-bond donors (Lipinski definition) is 1. The molecule has 0 aliphatic heterocycles. The fraction of sp³-hybridized carbons (Fsp3) is 0.333. The monoisotopic (exact) mass is 339 g/mol. The molecule has 2 heterocycles. The van der Waals surface area contributed by atoms with Crippen LogP contribution in [0, 0.1) is 0 Å². The van der Waals surface area contributed by atoms with Crippen LogP contribution in [0.4, 0.5) is 0 Å². The number of methoxy groups -OCH3 is 1. The van der Waals surface area contributed by atoms with Crippen LogP contribution in [0.3, 0.4) is 0 Å². The number of rotatable bonds is 3. The van der Waals surface area contributed by atoms with Crippen molar-refractivity contribution in [3.63, 3.8) is 0 Å². The molecular weight excluding hydrogens is 322 g/mol. The largest absolute Gasteiger partial charge is 0.465 e. The van der Waals surface area contributed by atoms with Crippen molar-refractivity contribution < 1.29 is 14.1 Å². The Morgan fingerprint density at radius 2 is 1.96 bits per heavy atom. The predicted molar refractivity (Wildman–Crippen MR) is 90.4 cm³/mol. The molecular formula is C18H17N3O4. The number of aromatic amines is 1. The van der Waals surface area contributed by atoms with E-state index in [1.54, 1.807) is 24.3 Å². The Balaban J connectivity index is 1.78. The van der Waals surface area contributed by atoms with Gasteiger partial charge in [-0.1, -0.05) is 30.1 Å². The van der Waals surface area contributed by atoms with E-state index < -0.39 is 5.97 Å². The maximum absolute atomic E-state index is 12.3. The fourth-order valence-corrected chi connectivity index (χ4v) is 3.34. The summed E-state index contributed by atoms with van der Waals surface area (Å²) in [5, 5.41) is 4.10. The maximum Gasteiger partial charge on any atom is 0.337 e. The van der Waals surface area contributed by atoms with Crippen molar-refractivity contribution >= 4 is 17.1 Å². The zero-order valence-corrected chi connectivity index (χ0v) is 13.7. The number of benzene rings is 1. The van der Waals surface area contributed by atoms with Crippen LogP contribution < -0.4 is 5.56 Å². The molecule has 1 fully saturated rings. The first-order valence-electron chi connectivity index (χ1n) is 8.25. The summed E-state index contributed by atoms with van der Waals surface area (Å²) in [6.07, 6.45) is 4.40. The molecule has 1 aromatic carbocycles. The molecule has 0 amide bonds. The Hall–Kier alpha value is -2.96. The lowest BCUT2D eigenvalue weighted by Gasteiger charge is -2.05. The Bertz CT molecular complexity index is 982. The summed E-state index contributed by atoms with van der Waals surface area (Å²) in [4.78, 5) is 31.1. The second kappa shape index (κ2) is 6.16. The molecule has 1 aliphatic rings. The molecule has 25 heavy (non-hydrogen) atoms. The Morgan fingerprint density at radius 1 is 1.24 bits per heavy atom. The summed E-state index contributed by atoms with van der Waals surface area (Å²) >= 11 is 0. The first-order valence-corrected chi connectivity index (χ1v) is 8.25. The highest BCUT2D eigenvalue weighted by molar-refractivity contribution is 5.89. The van der Waals surface area contributed by atoms with Crippen LogP contribution in [0.5, 0.6) is 0 Å². The zero-order chi connectivity index (χ0) is 17.4. The van der Waals surface area contributed by atoms with Gasteiger partial charge in [-0.2, -0.15) is 0 Å². The number of aromatic nitrogens is 3. The summed E-state index contributed by atoms with van der Waals surface area (Å²) in [5.74, 6) is 0.312. The molecule has 0 bridgehead atoms. The molecule has 0 radical (unpaired) electrons. The van der Waals surface area contributed by atoms with E-state index in [2.05, 4.69) is 19.9 Å². The van der Waals surface area contributed by atoms with E-state index in [4.69, 9.17) is 4.52 Å². The van der Waals surface area contributed by atoms with E-state index in [9.17, 15) is 9.59 Å². The molecule has 0 spiro atoms. The third-order valence-corrected chi connectivity index (χ3v) is 4.68. The third-order valence-electron chi connectivity index (χ3n) is 4.68. The Labute approximate surface area is 143 Å². The fourth-order valence-electron chi connectivity index (χ4n) is 3.34. The zero-order valence-electron chi connectivity index (χ0n) is 13.7. The third kappa shape index (κ3) is 2.71. The summed E-state index contributed by atoms with van der Waals surface area (Å²) < 4.78 is 9.92. The van der Waals surface area contributed by atoms with Gasteiger partial charge in [-0.3, -0.25) is 4.79 Å². The van der Waals surface area contributed by atoms with Crippen molar-refractivity contribution in [3.05, 3.63) is 45.9 Å². The van der Waals surface area contributed by atoms with E-state index in [0.29, 0.717) is 28.4 Å².